The number of allylic oxidation sites excluding steroid dienone is 1. The molecule has 136 valence electrons. The normalized spacial score (nSPS) is 11.5. The van der Waals surface area contributed by atoms with E-state index in [0.717, 1.165) is 15.8 Å². The Morgan fingerprint density at radius 2 is 1.96 bits per heavy atom. The van der Waals surface area contributed by atoms with E-state index < -0.39 is 0 Å². The maximum atomic E-state index is 8.93. The van der Waals surface area contributed by atoms with Gasteiger partial charge in [0.2, 0.25) is 0 Å². The van der Waals surface area contributed by atoms with Gasteiger partial charge in [0.1, 0.15) is 5.84 Å². The minimum absolute atomic E-state index is 0.0448. The van der Waals surface area contributed by atoms with Crippen molar-refractivity contribution in [2.75, 3.05) is 0 Å². The summed E-state index contributed by atoms with van der Waals surface area (Å²) in [4.78, 5) is 9.18. The molecule has 2 aromatic carbocycles. The topological polar surface area (TPSA) is 123 Å². The molecule has 4 N–H and O–H groups in total. The van der Waals surface area contributed by atoms with Crippen molar-refractivity contribution in [1.29, 1.82) is 16.1 Å². The van der Waals surface area contributed by atoms with E-state index in [2.05, 4.69) is 9.98 Å². The standard InChI is InChI=1S/C21H16N6S/c22-13-14-3-1-4-15(11-14)18(23)7-9-20(24)27-21(25)28-17-6-8-19-16(12-17)5-2-10-26-19/h1-12,23H,(H3,24,25,27)/b9-7-,23-18?. The first-order valence-corrected chi connectivity index (χ1v) is 9.09. The van der Waals surface area contributed by atoms with Gasteiger partial charge in [0.05, 0.1) is 22.9 Å². The fourth-order valence-electron chi connectivity index (χ4n) is 2.43. The zero-order valence-electron chi connectivity index (χ0n) is 14.8. The molecule has 3 aromatic rings. The SMILES string of the molecule is N#Cc1cccc(C(=N)/C=C\C(N)=N\C(=N)Sc2ccc3ncccc3c2)c1. The van der Waals surface area contributed by atoms with Gasteiger partial charge in [-0.1, -0.05) is 30.0 Å². The number of nitrogens with two attached hydrogens (primary N) is 1. The highest BCUT2D eigenvalue weighted by Gasteiger charge is 2.03. The van der Waals surface area contributed by atoms with Gasteiger partial charge >= 0.3 is 0 Å². The van der Waals surface area contributed by atoms with Crippen LogP contribution in [0.3, 0.4) is 0 Å². The molecule has 0 saturated heterocycles. The van der Waals surface area contributed by atoms with E-state index in [1.165, 1.54) is 23.9 Å². The summed E-state index contributed by atoms with van der Waals surface area (Å²) >= 11 is 1.19. The lowest BCUT2D eigenvalue weighted by Gasteiger charge is -2.02. The first kappa shape index (κ1) is 19.0. The number of rotatable bonds is 4. The number of aromatic nitrogens is 1. The van der Waals surface area contributed by atoms with Gasteiger partial charge in [-0.2, -0.15) is 5.26 Å². The predicted octanol–water partition coefficient (Wildman–Crippen LogP) is 4.11. The molecule has 7 heteroatoms. The lowest BCUT2D eigenvalue weighted by atomic mass is 10.1. The zero-order chi connectivity index (χ0) is 19.9. The molecule has 0 fully saturated rings. The van der Waals surface area contributed by atoms with Gasteiger partial charge in [0, 0.05) is 22.0 Å². The van der Waals surface area contributed by atoms with Crippen LogP contribution in [-0.2, 0) is 0 Å². The third-order valence-electron chi connectivity index (χ3n) is 3.74. The van der Waals surface area contributed by atoms with E-state index in [4.69, 9.17) is 21.8 Å². The van der Waals surface area contributed by atoms with Crippen molar-refractivity contribution in [2.24, 2.45) is 10.7 Å². The number of nitrogens with zero attached hydrogens (tertiary/aromatic N) is 3. The van der Waals surface area contributed by atoms with Crippen LogP contribution in [0.4, 0.5) is 0 Å². The smallest absolute Gasteiger partial charge is 0.186 e. The van der Waals surface area contributed by atoms with Crippen LogP contribution in [0, 0.1) is 22.1 Å². The van der Waals surface area contributed by atoms with Crippen molar-refractivity contribution in [2.45, 2.75) is 4.90 Å². The quantitative estimate of drug-likeness (QED) is 0.356. The summed E-state index contributed by atoms with van der Waals surface area (Å²) in [6.45, 7) is 0. The maximum absolute atomic E-state index is 8.93. The summed E-state index contributed by atoms with van der Waals surface area (Å²) in [5.41, 5.74) is 8.04. The third kappa shape index (κ3) is 4.90. The molecule has 0 bridgehead atoms. The Kier molecular flexibility index (Phi) is 5.94. The molecule has 0 unspecified atom stereocenters. The molecule has 0 aliphatic rings. The number of pyridine rings is 1. The molecule has 0 radical (unpaired) electrons. The molecular formula is C21H16N6S. The monoisotopic (exact) mass is 384 g/mol. The summed E-state index contributed by atoms with van der Waals surface area (Å²) < 4.78 is 0. The molecule has 0 aliphatic heterocycles. The largest absolute Gasteiger partial charge is 0.384 e. The fraction of sp³-hybridized carbons (Fsp3) is 0. The van der Waals surface area contributed by atoms with Crippen LogP contribution in [0.1, 0.15) is 11.1 Å². The molecule has 6 nitrogen and oxygen atoms in total. The zero-order valence-corrected chi connectivity index (χ0v) is 15.6. The summed E-state index contributed by atoms with van der Waals surface area (Å²) in [6.07, 6.45) is 4.71. The molecular weight excluding hydrogens is 368 g/mol. The molecule has 1 heterocycles. The summed E-state index contributed by atoms with van der Waals surface area (Å²) in [5.74, 6) is 0.126. The van der Waals surface area contributed by atoms with Crippen LogP contribution < -0.4 is 5.73 Å². The fourth-order valence-corrected chi connectivity index (χ4v) is 3.12. The number of amidine groups is 2. The highest BCUT2D eigenvalue weighted by molar-refractivity contribution is 8.13. The third-order valence-corrected chi connectivity index (χ3v) is 4.52. The summed E-state index contributed by atoms with van der Waals surface area (Å²) in [6, 6.07) is 18.4. The number of benzene rings is 2. The van der Waals surface area contributed by atoms with Gasteiger partial charge < -0.3 is 11.1 Å². The van der Waals surface area contributed by atoms with Crippen LogP contribution in [0.2, 0.25) is 0 Å². The Balaban J connectivity index is 1.66. The van der Waals surface area contributed by atoms with Gasteiger partial charge in [-0.15, -0.1) is 0 Å². The highest BCUT2D eigenvalue weighted by Crippen LogP contribution is 2.23. The van der Waals surface area contributed by atoms with E-state index in [-0.39, 0.29) is 16.7 Å². The van der Waals surface area contributed by atoms with Crippen molar-refractivity contribution in [3.8, 4) is 6.07 Å². The van der Waals surface area contributed by atoms with E-state index in [1.807, 2.05) is 36.4 Å². The van der Waals surface area contributed by atoms with Crippen LogP contribution >= 0.6 is 11.8 Å². The van der Waals surface area contributed by atoms with E-state index >= 15 is 0 Å². The van der Waals surface area contributed by atoms with Crippen molar-refractivity contribution in [3.05, 3.63) is 84.1 Å². The number of aliphatic imine (C=N–C) groups is 1. The highest BCUT2D eigenvalue weighted by atomic mass is 32.2. The second kappa shape index (κ2) is 8.75. The minimum atomic E-state index is 0.0448. The first-order chi connectivity index (χ1) is 13.5. The van der Waals surface area contributed by atoms with E-state index in [1.54, 1.807) is 30.5 Å². The molecule has 3 rings (SSSR count). The summed E-state index contributed by atoms with van der Waals surface area (Å²) in [7, 11) is 0. The number of hydrogen-bond acceptors (Lipinski definition) is 5. The lowest BCUT2D eigenvalue weighted by Crippen LogP contribution is -2.10. The second-order valence-corrected chi connectivity index (χ2v) is 6.80. The Bertz CT molecular complexity index is 1160. The second-order valence-electron chi connectivity index (χ2n) is 5.74. The molecule has 28 heavy (non-hydrogen) atoms. The van der Waals surface area contributed by atoms with Crippen LogP contribution in [0.25, 0.3) is 10.9 Å². The Morgan fingerprint density at radius 3 is 2.79 bits per heavy atom. The van der Waals surface area contributed by atoms with Gasteiger partial charge in [0.25, 0.3) is 0 Å². The minimum Gasteiger partial charge on any atom is -0.384 e. The van der Waals surface area contributed by atoms with Gasteiger partial charge in [0.15, 0.2) is 5.17 Å². The summed E-state index contributed by atoms with van der Waals surface area (Å²) in [5, 5.41) is 26.1. The number of hydrogen-bond donors (Lipinski definition) is 3. The van der Waals surface area contributed by atoms with Gasteiger partial charge in [-0.05, 0) is 48.6 Å². The van der Waals surface area contributed by atoms with Gasteiger partial charge in [-0.25, -0.2) is 4.99 Å². The van der Waals surface area contributed by atoms with Crippen molar-refractivity contribution in [3.63, 3.8) is 0 Å². The van der Waals surface area contributed by atoms with Crippen molar-refractivity contribution < 1.29 is 0 Å². The average molecular weight is 384 g/mol. The molecule has 0 saturated carbocycles. The molecule has 1 aromatic heterocycles. The predicted molar refractivity (Wildman–Crippen MR) is 114 cm³/mol. The Morgan fingerprint density at radius 1 is 1.11 bits per heavy atom. The van der Waals surface area contributed by atoms with Crippen LogP contribution in [0.5, 0.6) is 0 Å². The lowest BCUT2D eigenvalue weighted by molar-refractivity contribution is 1.39. The molecule has 0 amide bonds. The van der Waals surface area contributed by atoms with E-state index in [0.29, 0.717) is 11.1 Å². The first-order valence-electron chi connectivity index (χ1n) is 8.27. The maximum Gasteiger partial charge on any atom is 0.186 e. The van der Waals surface area contributed by atoms with Crippen LogP contribution in [-0.4, -0.2) is 21.7 Å². The Labute approximate surface area is 166 Å². The number of nitriles is 1. The van der Waals surface area contributed by atoms with E-state index in [9.17, 15) is 0 Å². The van der Waals surface area contributed by atoms with Crippen molar-refractivity contribution >= 4 is 39.4 Å². The number of fused-ring (bicyclic) bond motifs is 1. The average Bonchev–Trinajstić information content (AvgIpc) is 2.71. The number of thioether (sulfide) groups is 1. The molecule has 0 atom stereocenters. The Hall–Kier alpha value is -3.76. The number of nitrogens with one attached hydrogen (secondary N) is 2. The van der Waals surface area contributed by atoms with Crippen molar-refractivity contribution in [1.82, 2.24) is 4.98 Å². The molecule has 0 spiro atoms. The van der Waals surface area contributed by atoms with Gasteiger partial charge in [-0.3, -0.25) is 10.4 Å². The molecule has 0 aliphatic carbocycles. The van der Waals surface area contributed by atoms with Crippen LogP contribution in [0.15, 0.2) is 82.8 Å².